The van der Waals surface area contributed by atoms with Gasteiger partial charge in [-0.05, 0) is 52.9 Å². The average molecular weight is 425 g/mol. The minimum atomic E-state index is -0.836. The van der Waals surface area contributed by atoms with E-state index in [2.05, 4.69) is 27.5 Å². The van der Waals surface area contributed by atoms with Crippen LogP contribution in [0.4, 0.5) is 0 Å². The predicted molar refractivity (Wildman–Crippen MR) is 123 cm³/mol. The first-order chi connectivity index (χ1) is 15.7. The zero-order chi connectivity index (χ0) is 22.1. The van der Waals surface area contributed by atoms with Crippen molar-refractivity contribution in [2.75, 3.05) is 0 Å². The SMILES string of the molecule is CCCc1cn2c(C(O)c3ccc(-c4ccccc4)c(-c4nn[nH]n4)c3)ccc(C)c2n1. The molecule has 0 aliphatic heterocycles. The highest BCUT2D eigenvalue weighted by atomic mass is 16.3. The van der Waals surface area contributed by atoms with Crippen LogP contribution in [0.5, 0.6) is 0 Å². The second-order valence-corrected chi connectivity index (χ2v) is 7.93. The number of aryl methyl sites for hydroxylation is 2. The summed E-state index contributed by atoms with van der Waals surface area (Å²) < 4.78 is 2.00. The van der Waals surface area contributed by atoms with Crippen LogP contribution < -0.4 is 0 Å². The van der Waals surface area contributed by atoms with Gasteiger partial charge in [0.15, 0.2) is 0 Å². The van der Waals surface area contributed by atoms with Crippen molar-refractivity contribution in [3.63, 3.8) is 0 Å². The van der Waals surface area contributed by atoms with Crippen LogP contribution in [0.3, 0.4) is 0 Å². The fourth-order valence-electron chi connectivity index (χ4n) is 4.10. The first-order valence-corrected chi connectivity index (χ1v) is 10.7. The van der Waals surface area contributed by atoms with Crippen molar-refractivity contribution in [2.45, 2.75) is 32.8 Å². The third-order valence-electron chi connectivity index (χ3n) is 5.71. The summed E-state index contributed by atoms with van der Waals surface area (Å²) in [6.45, 7) is 4.18. The second-order valence-electron chi connectivity index (χ2n) is 7.93. The van der Waals surface area contributed by atoms with E-state index in [9.17, 15) is 5.11 Å². The number of aliphatic hydroxyl groups excluding tert-OH is 1. The molecule has 5 rings (SSSR count). The van der Waals surface area contributed by atoms with E-state index in [0.717, 1.165) is 57.7 Å². The lowest BCUT2D eigenvalue weighted by atomic mass is 9.94. The topological polar surface area (TPSA) is 92.0 Å². The van der Waals surface area contributed by atoms with E-state index in [-0.39, 0.29) is 0 Å². The number of nitrogens with zero attached hydrogens (tertiary/aromatic N) is 5. The maximum Gasteiger partial charge on any atom is 0.205 e. The van der Waals surface area contributed by atoms with Gasteiger partial charge in [0.1, 0.15) is 11.8 Å². The van der Waals surface area contributed by atoms with Crippen molar-refractivity contribution in [3.8, 4) is 22.5 Å². The molecule has 2 N–H and O–H groups in total. The van der Waals surface area contributed by atoms with Gasteiger partial charge in [0, 0.05) is 11.8 Å². The number of rotatable bonds is 6. The minimum Gasteiger partial charge on any atom is -0.382 e. The summed E-state index contributed by atoms with van der Waals surface area (Å²) >= 11 is 0. The Morgan fingerprint density at radius 2 is 1.88 bits per heavy atom. The monoisotopic (exact) mass is 424 g/mol. The lowest BCUT2D eigenvalue weighted by Gasteiger charge is -2.17. The summed E-state index contributed by atoms with van der Waals surface area (Å²) in [5, 5.41) is 26.0. The van der Waals surface area contributed by atoms with Crippen molar-refractivity contribution in [3.05, 3.63) is 89.4 Å². The van der Waals surface area contributed by atoms with Gasteiger partial charge in [-0.1, -0.05) is 61.9 Å². The van der Waals surface area contributed by atoms with E-state index in [1.165, 1.54) is 0 Å². The van der Waals surface area contributed by atoms with E-state index in [4.69, 9.17) is 4.98 Å². The summed E-state index contributed by atoms with van der Waals surface area (Å²) in [6, 6.07) is 19.9. The Kier molecular flexibility index (Phi) is 5.25. The van der Waals surface area contributed by atoms with Gasteiger partial charge in [-0.2, -0.15) is 5.21 Å². The van der Waals surface area contributed by atoms with Crippen LogP contribution in [-0.4, -0.2) is 35.1 Å². The Labute approximate surface area is 185 Å². The lowest BCUT2D eigenvalue weighted by molar-refractivity contribution is 0.214. The van der Waals surface area contributed by atoms with Crippen LogP contribution in [0.25, 0.3) is 28.2 Å². The number of hydrogen-bond acceptors (Lipinski definition) is 5. The molecule has 0 saturated carbocycles. The average Bonchev–Trinajstić information content (AvgIpc) is 3.50. The summed E-state index contributed by atoms with van der Waals surface area (Å²) in [7, 11) is 0. The molecule has 0 spiro atoms. The highest BCUT2D eigenvalue weighted by Gasteiger charge is 2.20. The first-order valence-electron chi connectivity index (χ1n) is 10.7. The number of tetrazole rings is 1. The number of H-pyrrole nitrogens is 1. The van der Waals surface area contributed by atoms with Crippen LogP contribution in [-0.2, 0) is 6.42 Å². The highest BCUT2D eigenvalue weighted by molar-refractivity contribution is 5.81. The lowest BCUT2D eigenvalue weighted by Crippen LogP contribution is -2.07. The number of nitrogens with one attached hydrogen (secondary N) is 1. The van der Waals surface area contributed by atoms with Crippen molar-refractivity contribution in [1.29, 1.82) is 0 Å². The number of aromatic amines is 1. The summed E-state index contributed by atoms with van der Waals surface area (Å²) in [5.41, 5.74) is 7.34. The maximum absolute atomic E-state index is 11.4. The number of aromatic nitrogens is 6. The molecule has 3 heterocycles. The Morgan fingerprint density at radius 1 is 1.03 bits per heavy atom. The number of pyridine rings is 1. The Morgan fingerprint density at radius 3 is 2.62 bits per heavy atom. The molecule has 0 saturated heterocycles. The van der Waals surface area contributed by atoms with Crippen LogP contribution in [0.1, 0.15) is 42.0 Å². The standard InChI is InChI=1S/C25H24N6O/c1-3-7-19-15-31-22(13-10-16(2)25(31)26-19)23(32)18-11-12-20(17-8-5-4-6-9-17)21(14-18)24-27-29-30-28-24/h4-6,8-15,23,32H,3,7H2,1-2H3,(H,27,28,29,30). The zero-order valence-corrected chi connectivity index (χ0v) is 18.0. The largest absolute Gasteiger partial charge is 0.382 e. The van der Waals surface area contributed by atoms with Crippen molar-refractivity contribution >= 4 is 5.65 Å². The number of fused-ring (bicyclic) bond motifs is 1. The van der Waals surface area contributed by atoms with Crippen molar-refractivity contribution in [1.82, 2.24) is 30.0 Å². The second kappa shape index (κ2) is 8.36. The molecule has 7 nitrogen and oxygen atoms in total. The quantitative estimate of drug-likeness (QED) is 0.418. The van der Waals surface area contributed by atoms with Gasteiger partial charge in [0.2, 0.25) is 5.82 Å². The van der Waals surface area contributed by atoms with E-state index >= 15 is 0 Å². The molecule has 2 aromatic carbocycles. The number of imidazole rings is 1. The van der Waals surface area contributed by atoms with Gasteiger partial charge >= 0.3 is 0 Å². The van der Waals surface area contributed by atoms with Crippen molar-refractivity contribution in [2.24, 2.45) is 0 Å². The smallest absolute Gasteiger partial charge is 0.205 e. The van der Waals surface area contributed by atoms with E-state index < -0.39 is 6.10 Å². The van der Waals surface area contributed by atoms with Gasteiger partial charge in [-0.15, -0.1) is 10.2 Å². The Bertz CT molecular complexity index is 1360. The van der Waals surface area contributed by atoms with Gasteiger partial charge in [-0.3, -0.25) is 0 Å². The molecule has 0 fully saturated rings. The molecule has 7 heteroatoms. The summed E-state index contributed by atoms with van der Waals surface area (Å²) in [4.78, 5) is 4.77. The van der Waals surface area contributed by atoms with Gasteiger partial charge < -0.3 is 9.51 Å². The van der Waals surface area contributed by atoms with E-state index in [1.807, 2.05) is 78.2 Å². The molecular weight excluding hydrogens is 400 g/mol. The highest BCUT2D eigenvalue weighted by Crippen LogP contribution is 2.34. The molecule has 5 aromatic rings. The minimum absolute atomic E-state index is 0.486. The zero-order valence-electron chi connectivity index (χ0n) is 18.0. The van der Waals surface area contributed by atoms with Crippen LogP contribution in [0, 0.1) is 6.92 Å². The van der Waals surface area contributed by atoms with Crippen LogP contribution in [0.15, 0.2) is 66.9 Å². The third kappa shape index (κ3) is 3.56. The van der Waals surface area contributed by atoms with E-state index in [0.29, 0.717) is 5.82 Å². The number of hydrogen-bond donors (Lipinski definition) is 2. The number of aliphatic hydroxyl groups is 1. The fraction of sp³-hybridized carbons (Fsp3) is 0.200. The number of benzene rings is 2. The van der Waals surface area contributed by atoms with Crippen LogP contribution >= 0.6 is 0 Å². The normalized spacial score (nSPS) is 12.3. The molecule has 0 aliphatic rings. The molecule has 0 radical (unpaired) electrons. The first kappa shape index (κ1) is 20.1. The summed E-state index contributed by atoms with van der Waals surface area (Å²) in [5.74, 6) is 0.486. The van der Waals surface area contributed by atoms with Crippen molar-refractivity contribution < 1.29 is 5.11 Å². The van der Waals surface area contributed by atoms with Gasteiger partial charge in [-0.25, -0.2) is 4.98 Å². The van der Waals surface area contributed by atoms with Gasteiger partial charge in [0.05, 0.1) is 11.4 Å². The molecule has 3 aromatic heterocycles. The Balaban J connectivity index is 1.63. The molecule has 1 atom stereocenters. The third-order valence-corrected chi connectivity index (χ3v) is 5.71. The molecule has 0 bridgehead atoms. The molecule has 0 aliphatic carbocycles. The molecule has 0 amide bonds. The Hall–Kier alpha value is -3.84. The molecular formula is C25H24N6O. The van der Waals surface area contributed by atoms with Gasteiger partial charge in [0.25, 0.3) is 0 Å². The molecule has 1 unspecified atom stereocenters. The predicted octanol–water partition coefficient (Wildman–Crippen LogP) is 4.52. The molecule has 160 valence electrons. The van der Waals surface area contributed by atoms with E-state index in [1.54, 1.807) is 0 Å². The summed E-state index contributed by atoms with van der Waals surface area (Å²) in [6.07, 6.45) is 3.13. The fourth-order valence-corrected chi connectivity index (χ4v) is 4.10. The maximum atomic E-state index is 11.4. The van der Waals surface area contributed by atoms with Crippen LogP contribution in [0.2, 0.25) is 0 Å². The molecule has 32 heavy (non-hydrogen) atoms.